The fourth-order valence-electron chi connectivity index (χ4n) is 2.34. The lowest BCUT2D eigenvalue weighted by atomic mass is 10.0. The van der Waals surface area contributed by atoms with Crippen LogP contribution in [-0.4, -0.2) is 36.9 Å². The molecule has 116 valence electrons. The number of hydrogen-bond donors (Lipinski definition) is 1. The van der Waals surface area contributed by atoms with Gasteiger partial charge in [0.2, 0.25) is 10.0 Å². The first-order valence-corrected chi connectivity index (χ1v) is 7.81. The Kier molecular flexibility index (Phi) is 4.03. The van der Waals surface area contributed by atoms with E-state index in [1.165, 1.54) is 0 Å². The van der Waals surface area contributed by atoms with Crippen LogP contribution in [0.15, 0.2) is 17.0 Å². The maximum atomic E-state index is 14.1. The highest BCUT2D eigenvalue weighted by Gasteiger charge is 2.37. The molecule has 5 nitrogen and oxygen atoms in total. The first-order chi connectivity index (χ1) is 9.66. The summed E-state index contributed by atoms with van der Waals surface area (Å²) in [6.07, 6.45) is 0. The average Bonchev–Trinajstić information content (AvgIpc) is 2.69. The zero-order valence-electron chi connectivity index (χ0n) is 11.5. The minimum Gasteiger partial charge on any atom is -0.477 e. The van der Waals surface area contributed by atoms with Gasteiger partial charge in [-0.2, -0.15) is 4.31 Å². The molecule has 0 saturated carbocycles. The van der Waals surface area contributed by atoms with Gasteiger partial charge in [0.1, 0.15) is 16.3 Å². The molecule has 1 aromatic carbocycles. The quantitative estimate of drug-likeness (QED) is 0.924. The van der Waals surface area contributed by atoms with E-state index in [-0.39, 0.29) is 24.9 Å². The molecule has 1 aliphatic rings. The molecule has 1 fully saturated rings. The Hall–Kier alpha value is -1.54. The van der Waals surface area contributed by atoms with Crippen molar-refractivity contribution in [2.45, 2.75) is 18.7 Å². The van der Waals surface area contributed by atoms with E-state index in [0.29, 0.717) is 6.07 Å². The highest BCUT2D eigenvalue weighted by atomic mass is 32.2. The van der Waals surface area contributed by atoms with Gasteiger partial charge < -0.3 is 5.11 Å². The predicted octanol–water partition coefficient (Wildman–Crippen LogP) is 1.94. The van der Waals surface area contributed by atoms with Crippen LogP contribution in [0.5, 0.6) is 0 Å². The molecular formula is C13H15F2NO4S. The largest absolute Gasteiger partial charge is 0.477 e. The van der Waals surface area contributed by atoms with E-state index in [4.69, 9.17) is 5.11 Å². The standard InChI is InChI=1S/C13H15F2NO4S/c1-7-5-16(6-8(7)2)21(19,20)10-4-3-9(14)11(12(10)15)13(17)18/h3-4,7-8H,5-6H2,1-2H3,(H,17,18). The fourth-order valence-corrected chi connectivity index (χ4v) is 4.05. The highest BCUT2D eigenvalue weighted by molar-refractivity contribution is 7.89. The third-order valence-corrected chi connectivity index (χ3v) is 5.69. The van der Waals surface area contributed by atoms with Gasteiger partial charge in [0.15, 0.2) is 5.82 Å². The number of nitrogens with zero attached hydrogens (tertiary/aromatic N) is 1. The number of sulfonamides is 1. The molecule has 0 aliphatic carbocycles. The number of aromatic carboxylic acids is 1. The van der Waals surface area contributed by atoms with Crippen LogP contribution in [-0.2, 0) is 10.0 Å². The van der Waals surface area contributed by atoms with Crippen LogP contribution >= 0.6 is 0 Å². The van der Waals surface area contributed by atoms with Crippen molar-refractivity contribution in [1.29, 1.82) is 0 Å². The first kappa shape index (κ1) is 15.8. The Morgan fingerprint density at radius 3 is 2.24 bits per heavy atom. The average molecular weight is 319 g/mol. The molecule has 1 aliphatic heterocycles. The first-order valence-electron chi connectivity index (χ1n) is 6.37. The third kappa shape index (κ3) is 2.65. The second-order valence-corrected chi connectivity index (χ2v) is 7.22. The molecule has 1 saturated heterocycles. The number of carboxylic acids is 1. The molecule has 8 heteroatoms. The van der Waals surface area contributed by atoms with Crippen LogP contribution in [0.1, 0.15) is 24.2 Å². The minimum absolute atomic E-state index is 0.113. The van der Waals surface area contributed by atoms with Gasteiger partial charge in [0.05, 0.1) is 0 Å². The zero-order chi connectivity index (χ0) is 15.9. The van der Waals surface area contributed by atoms with Crippen molar-refractivity contribution in [3.8, 4) is 0 Å². The van der Waals surface area contributed by atoms with Gasteiger partial charge in [-0.1, -0.05) is 13.8 Å². The molecule has 2 rings (SSSR count). The second kappa shape index (κ2) is 5.34. The molecule has 2 unspecified atom stereocenters. The molecule has 0 spiro atoms. The lowest BCUT2D eigenvalue weighted by Gasteiger charge is -2.17. The van der Waals surface area contributed by atoms with Crippen LogP contribution in [0.4, 0.5) is 8.78 Å². The van der Waals surface area contributed by atoms with Gasteiger partial charge >= 0.3 is 5.97 Å². The topological polar surface area (TPSA) is 74.7 Å². The van der Waals surface area contributed by atoms with Crippen molar-refractivity contribution in [2.75, 3.05) is 13.1 Å². The summed E-state index contributed by atoms with van der Waals surface area (Å²) in [5.41, 5.74) is -1.25. The van der Waals surface area contributed by atoms with Crippen LogP contribution in [0.25, 0.3) is 0 Å². The summed E-state index contributed by atoms with van der Waals surface area (Å²) in [5, 5.41) is 8.80. The number of hydrogen-bond acceptors (Lipinski definition) is 3. The van der Waals surface area contributed by atoms with Crippen molar-refractivity contribution in [3.05, 3.63) is 29.3 Å². The third-order valence-electron chi connectivity index (χ3n) is 3.84. The number of carboxylic acid groups (broad SMARTS) is 1. The summed E-state index contributed by atoms with van der Waals surface area (Å²) in [4.78, 5) is 10.1. The molecule has 0 radical (unpaired) electrons. The van der Waals surface area contributed by atoms with Gasteiger partial charge in [0.25, 0.3) is 0 Å². The Labute approximate surface area is 121 Å². The van der Waals surface area contributed by atoms with Gasteiger partial charge in [-0.05, 0) is 24.0 Å². The normalized spacial score (nSPS) is 23.4. The summed E-state index contributed by atoms with van der Waals surface area (Å²) in [6.45, 7) is 4.21. The Bertz CT molecular complexity index is 680. The zero-order valence-corrected chi connectivity index (χ0v) is 12.3. The Morgan fingerprint density at radius 2 is 1.76 bits per heavy atom. The van der Waals surface area contributed by atoms with Crippen LogP contribution < -0.4 is 0 Å². The van der Waals surface area contributed by atoms with Gasteiger partial charge in [-0.3, -0.25) is 0 Å². The van der Waals surface area contributed by atoms with Gasteiger partial charge in [0, 0.05) is 13.1 Å². The molecule has 1 heterocycles. The van der Waals surface area contributed by atoms with Crippen molar-refractivity contribution in [2.24, 2.45) is 11.8 Å². The lowest BCUT2D eigenvalue weighted by molar-refractivity contribution is 0.0685. The number of halogens is 2. The van der Waals surface area contributed by atoms with Crippen LogP contribution in [0, 0.1) is 23.5 Å². The highest BCUT2D eigenvalue weighted by Crippen LogP contribution is 2.30. The van der Waals surface area contributed by atoms with Crippen molar-refractivity contribution in [1.82, 2.24) is 4.31 Å². The lowest BCUT2D eigenvalue weighted by Crippen LogP contribution is -2.30. The van der Waals surface area contributed by atoms with E-state index in [0.717, 1.165) is 10.4 Å². The number of rotatable bonds is 3. The maximum Gasteiger partial charge on any atom is 0.341 e. The second-order valence-electron chi connectivity index (χ2n) is 5.32. The van der Waals surface area contributed by atoms with Gasteiger partial charge in [-0.25, -0.2) is 22.0 Å². The SMILES string of the molecule is CC1CN(S(=O)(=O)c2ccc(F)c(C(=O)O)c2F)CC1C. The maximum absolute atomic E-state index is 14.1. The summed E-state index contributed by atoms with van der Waals surface area (Å²) >= 11 is 0. The molecule has 2 atom stereocenters. The molecule has 1 aromatic rings. The Morgan fingerprint density at radius 1 is 1.24 bits per heavy atom. The van der Waals surface area contributed by atoms with E-state index in [9.17, 15) is 22.0 Å². The van der Waals surface area contributed by atoms with Crippen molar-refractivity contribution < 1.29 is 27.1 Å². The van der Waals surface area contributed by atoms with Crippen LogP contribution in [0.2, 0.25) is 0 Å². The van der Waals surface area contributed by atoms with E-state index in [1.54, 1.807) is 0 Å². The molecule has 21 heavy (non-hydrogen) atoms. The van der Waals surface area contributed by atoms with E-state index < -0.39 is 38.1 Å². The summed E-state index contributed by atoms with van der Waals surface area (Å²) in [7, 11) is -4.18. The van der Waals surface area contributed by atoms with Crippen LogP contribution in [0.3, 0.4) is 0 Å². The van der Waals surface area contributed by atoms with E-state index >= 15 is 0 Å². The monoisotopic (exact) mass is 319 g/mol. The summed E-state index contributed by atoms with van der Waals surface area (Å²) < 4.78 is 53.3. The molecule has 1 N–H and O–H groups in total. The summed E-state index contributed by atoms with van der Waals surface area (Å²) in [6, 6.07) is 1.42. The van der Waals surface area contributed by atoms with E-state index in [2.05, 4.69) is 0 Å². The molecule has 0 aromatic heterocycles. The predicted molar refractivity (Wildman–Crippen MR) is 70.4 cm³/mol. The summed E-state index contributed by atoms with van der Waals surface area (Å²) in [5.74, 6) is -4.48. The number of benzene rings is 1. The smallest absolute Gasteiger partial charge is 0.341 e. The molecule has 0 amide bonds. The fraction of sp³-hybridized carbons (Fsp3) is 0.462. The molecular weight excluding hydrogens is 304 g/mol. The minimum atomic E-state index is -4.18. The molecule has 0 bridgehead atoms. The number of carbonyl (C=O) groups is 1. The van der Waals surface area contributed by atoms with Gasteiger partial charge in [-0.15, -0.1) is 0 Å². The Balaban J connectivity index is 2.52. The van der Waals surface area contributed by atoms with E-state index in [1.807, 2.05) is 13.8 Å². The van der Waals surface area contributed by atoms with Crippen molar-refractivity contribution in [3.63, 3.8) is 0 Å². The van der Waals surface area contributed by atoms with Crippen molar-refractivity contribution >= 4 is 16.0 Å².